The summed E-state index contributed by atoms with van der Waals surface area (Å²) in [5.74, 6) is -1.21. The summed E-state index contributed by atoms with van der Waals surface area (Å²) in [6.45, 7) is 5.99. The van der Waals surface area contributed by atoms with Crippen molar-refractivity contribution in [3.8, 4) is 0 Å². The zero-order valence-corrected chi connectivity index (χ0v) is 12.4. The van der Waals surface area contributed by atoms with Crippen LogP contribution in [-0.2, 0) is 14.4 Å². The molecule has 6 nitrogen and oxygen atoms in total. The standard InChI is InChI=1S/C14H24N2O4/c1-14(2,3)13(20)15-6-4-5-11(17)16-10-7-9(8-10)12(18)19/h9-10H,4-8H2,1-3H3,(H,15,20)(H,16,17)(H,18,19). The molecule has 3 N–H and O–H groups in total. The van der Waals surface area contributed by atoms with E-state index in [0.29, 0.717) is 32.2 Å². The molecule has 1 aliphatic carbocycles. The number of hydrogen-bond donors (Lipinski definition) is 3. The highest BCUT2D eigenvalue weighted by molar-refractivity contribution is 5.81. The van der Waals surface area contributed by atoms with Crippen molar-refractivity contribution in [3.05, 3.63) is 0 Å². The van der Waals surface area contributed by atoms with E-state index in [1.165, 1.54) is 0 Å². The Labute approximate surface area is 119 Å². The monoisotopic (exact) mass is 284 g/mol. The Bertz CT molecular complexity index is 381. The third-order valence-electron chi connectivity index (χ3n) is 3.40. The van der Waals surface area contributed by atoms with Gasteiger partial charge in [0.25, 0.3) is 0 Å². The van der Waals surface area contributed by atoms with E-state index in [1.807, 2.05) is 20.8 Å². The average molecular weight is 284 g/mol. The molecule has 0 aromatic heterocycles. The highest BCUT2D eigenvalue weighted by Crippen LogP contribution is 2.27. The molecule has 0 saturated heterocycles. The first kappa shape index (κ1) is 16.5. The zero-order chi connectivity index (χ0) is 15.3. The topological polar surface area (TPSA) is 95.5 Å². The first-order valence-electron chi connectivity index (χ1n) is 7.00. The maximum Gasteiger partial charge on any atom is 0.306 e. The predicted octanol–water partition coefficient (Wildman–Crippen LogP) is 0.908. The minimum atomic E-state index is -0.791. The van der Waals surface area contributed by atoms with Crippen LogP contribution < -0.4 is 10.6 Å². The summed E-state index contributed by atoms with van der Waals surface area (Å²) in [5, 5.41) is 14.3. The van der Waals surface area contributed by atoms with Crippen LogP contribution in [0.4, 0.5) is 0 Å². The normalized spacial score (nSPS) is 21.8. The van der Waals surface area contributed by atoms with E-state index in [0.717, 1.165) is 0 Å². The van der Waals surface area contributed by atoms with Crippen LogP contribution in [0, 0.1) is 11.3 Å². The molecule has 1 saturated carbocycles. The Kier molecular flexibility index (Phi) is 5.53. The van der Waals surface area contributed by atoms with Crippen LogP contribution in [0.3, 0.4) is 0 Å². The van der Waals surface area contributed by atoms with Crippen molar-refractivity contribution >= 4 is 17.8 Å². The Hall–Kier alpha value is -1.59. The molecular formula is C14H24N2O4. The van der Waals surface area contributed by atoms with Crippen molar-refractivity contribution in [1.82, 2.24) is 10.6 Å². The lowest BCUT2D eigenvalue weighted by Crippen LogP contribution is -2.46. The summed E-state index contributed by atoms with van der Waals surface area (Å²) >= 11 is 0. The van der Waals surface area contributed by atoms with E-state index in [2.05, 4.69) is 10.6 Å². The highest BCUT2D eigenvalue weighted by Gasteiger charge is 2.35. The summed E-state index contributed by atoms with van der Waals surface area (Å²) in [6.07, 6.45) is 1.96. The lowest BCUT2D eigenvalue weighted by Gasteiger charge is -2.32. The molecule has 1 rings (SSSR count). The van der Waals surface area contributed by atoms with Gasteiger partial charge in [-0.2, -0.15) is 0 Å². The molecule has 1 aliphatic rings. The fourth-order valence-corrected chi connectivity index (χ4v) is 1.95. The Balaban J connectivity index is 2.07. The molecule has 0 atom stereocenters. The zero-order valence-electron chi connectivity index (χ0n) is 12.4. The van der Waals surface area contributed by atoms with E-state index >= 15 is 0 Å². The van der Waals surface area contributed by atoms with Gasteiger partial charge in [0, 0.05) is 24.4 Å². The number of hydrogen-bond acceptors (Lipinski definition) is 3. The lowest BCUT2D eigenvalue weighted by molar-refractivity contribution is -0.146. The molecule has 20 heavy (non-hydrogen) atoms. The molecule has 0 aromatic carbocycles. The van der Waals surface area contributed by atoms with Gasteiger partial charge in [-0.1, -0.05) is 20.8 Å². The first-order chi connectivity index (χ1) is 9.20. The summed E-state index contributed by atoms with van der Waals surface area (Å²) < 4.78 is 0. The van der Waals surface area contributed by atoms with Gasteiger partial charge in [-0.15, -0.1) is 0 Å². The summed E-state index contributed by atoms with van der Waals surface area (Å²) in [4.78, 5) is 33.8. The van der Waals surface area contributed by atoms with Crippen molar-refractivity contribution in [3.63, 3.8) is 0 Å². The van der Waals surface area contributed by atoms with Gasteiger partial charge in [0.05, 0.1) is 5.92 Å². The van der Waals surface area contributed by atoms with E-state index < -0.39 is 11.4 Å². The van der Waals surface area contributed by atoms with Crippen LogP contribution in [-0.4, -0.2) is 35.5 Å². The first-order valence-corrected chi connectivity index (χ1v) is 7.00. The Morgan fingerprint density at radius 1 is 1.20 bits per heavy atom. The van der Waals surface area contributed by atoms with Gasteiger partial charge in [0.2, 0.25) is 11.8 Å². The van der Waals surface area contributed by atoms with Crippen LogP contribution in [0.25, 0.3) is 0 Å². The second-order valence-electron chi connectivity index (χ2n) is 6.38. The van der Waals surface area contributed by atoms with Crippen LogP contribution in [0.15, 0.2) is 0 Å². The van der Waals surface area contributed by atoms with Crippen LogP contribution in [0.5, 0.6) is 0 Å². The molecule has 0 unspecified atom stereocenters. The van der Waals surface area contributed by atoms with E-state index in [1.54, 1.807) is 0 Å². The third-order valence-corrected chi connectivity index (χ3v) is 3.40. The van der Waals surface area contributed by atoms with E-state index in [4.69, 9.17) is 5.11 Å². The summed E-state index contributed by atoms with van der Waals surface area (Å²) in [7, 11) is 0. The van der Waals surface area contributed by atoms with Crippen molar-refractivity contribution in [2.24, 2.45) is 11.3 Å². The number of carboxylic acid groups (broad SMARTS) is 1. The fraction of sp³-hybridized carbons (Fsp3) is 0.786. The van der Waals surface area contributed by atoms with Gasteiger partial charge in [0.1, 0.15) is 0 Å². The molecule has 0 heterocycles. The molecular weight excluding hydrogens is 260 g/mol. The number of rotatable bonds is 6. The van der Waals surface area contributed by atoms with Gasteiger partial charge >= 0.3 is 5.97 Å². The second kappa shape index (κ2) is 6.72. The molecule has 0 bridgehead atoms. The maximum absolute atomic E-state index is 11.6. The molecule has 0 aromatic rings. The molecule has 6 heteroatoms. The quantitative estimate of drug-likeness (QED) is 0.632. The molecule has 0 spiro atoms. The largest absolute Gasteiger partial charge is 0.481 e. The highest BCUT2D eigenvalue weighted by atomic mass is 16.4. The van der Waals surface area contributed by atoms with Crippen LogP contribution in [0.1, 0.15) is 46.5 Å². The fourth-order valence-electron chi connectivity index (χ4n) is 1.95. The van der Waals surface area contributed by atoms with Gasteiger partial charge in [0.15, 0.2) is 0 Å². The van der Waals surface area contributed by atoms with Crippen molar-refractivity contribution < 1.29 is 19.5 Å². The number of amides is 2. The number of carboxylic acids is 1. The SMILES string of the molecule is CC(C)(C)C(=O)NCCCC(=O)NC1CC(C(=O)O)C1. The second-order valence-corrected chi connectivity index (χ2v) is 6.38. The number of nitrogens with one attached hydrogen (secondary N) is 2. The summed E-state index contributed by atoms with van der Waals surface area (Å²) in [6, 6.07) is -0.00670. The maximum atomic E-state index is 11.6. The number of carbonyl (C=O) groups excluding carboxylic acids is 2. The number of aliphatic carboxylic acids is 1. The smallest absolute Gasteiger partial charge is 0.306 e. The number of carbonyl (C=O) groups is 3. The minimum Gasteiger partial charge on any atom is -0.481 e. The molecule has 114 valence electrons. The lowest BCUT2D eigenvalue weighted by atomic mass is 9.80. The van der Waals surface area contributed by atoms with E-state index in [-0.39, 0.29) is 23.8 Å². The Morgan fingerprint density at radius 3 is 2.30 bits per heavy atom. The third kappa shape index (κ3) is 5.19. The van der Waals surface area contributed by atoms with Gasteiger partial charge < -0.3 is 15.7 Å². The molecule has 0 radical (unpaired) electrons. The van der Waals surface area contributed by atoms with Crippen LogP contribution >= 0.6 is 0 Å². The predicted molar refractivity (Wildman–Crippen MR) is 74.0 cm³/mol. The minimum absolute atomic E-state index is 0.00670. The van der Waals surface area contributed by atoms with E-state index in [9.17, 15) is 14.4 Å². The molecule has 2 amide bonds. The van der Waals surface area contributed by atoms with Crippen molar-refractivity contribution in [1.29, 1.82) is 0 Å². The van der Waals surface area contributed by atoms with Gasteiger partial charge in [-0.3, -0.25) is 14.4 Å². The molecule has 0 aliphatic heterocycles. The van der Waals surface area contributed by atoms with Crippen molar-refractivity contribution in [2.75, 3.05) is 6.54 Å². The van der Waals surface area contributed by atoms with Crippen molar-refractivity contribution in [2.45, 2.75) is 52.5 Å². The average Bonchev–Trinajstić information content (AvgIpc) is 2.26. The van der Waals surface area contributed by atoms with Crippen LogP contribution in [0.2, 0.25) is 0 Å². The summed E-state index contributed by atoms with van der Waals surface area (Å²) in [5.41, 5.74) is -0.417. The van der Waals surface area contributed by atoms with Gasteiger partial charge in [-0.05, 0) is 19.3 Å². The molecule has 1 fully saturated rings. The van der Waals surface area contributed by atoms with Gasteiger partial charge in [-0.25, -0.2) is 0 Å². The Morgan fingerprint density at radius 2 is 1.80 bits per heavy atom.